The van der Waals surface area contributed by atoms with Crippen molar-refractivity contribution >= 4 is 24.3 Å². The summed E-state index contributed by atoms with van der Waals surface area (Å²) in [6, 6.07) is 7.40. The second-order valence-electron chi connectivity index (χ2n) is 5.58. The molecular weight excluding hydrogens is 320 g/mol. The van der Waals surface area contributed by atoms with E-state index in [1.165, 1.54) is 7.11 Å². The zero-order valence-corrected chi connectivity index (χ0v) is 14.6. The van der Waals surface area contributed by atoms with E-state index < -0.39 is 5.54 Å². The molecule has 0 aliphatic carbocycles. The van der Waals surface area contributed by atoms with Gasteiger partial charge in [-0.3, -0.25) is 9.59 Å². The van der Waals surface area contributed by atoms with Gasteiger partial charge in [0.25, 0.3) is 0 Å². The van der Waals surface area contributed by atoms with Crippen molar-refractivity contribution in [3.63, 3.8) is 0 Å². The van der Waals surface area contributed by atoms with E-state index in [0.29, 0.717) is 26.0 Å². The lowest BCUT2D eigenvalue weighted by atomic mass is 10.1. The minimum Gasteiger partial charge on any atom is -0.494 e. The van der Waals surface area contributed by atoms with E-state index >= 15 is 0 Å². The van der Waals surface area contributed by atoms with Gasteiger partial charge >= 0.3 is 5.97 Å². The maximum atomic E-state index is 11.7. The van der Waals surface area contributed by atoms with Gasteiger partial charge in [-0.05, 0) is 38.0 Å². The molecular formula is C16H25ClN2O4. The molecule has 1 rings (SSSR count). The Kier molecular flexibility index (Phi) is 9.29. The number of rotatable bonds is 8. The van der Waals surface area contributed by atoms with Gasteiger partial charge in [-0.2, -0.15) is 0 Å². The summed E-state index contributed by atoms with van der Waals surface area (Å²) in [5.41, 5.74) is 5.77. The summed E-state index contributed by atoms with van der Waals surface area (Å²) < 4.78 is 10.1. The van der Waals surface area contributed by atoms with Gasteiger partial charge in [-0.1, -0.05) is 12.1 Å². The number of hydrogen-bond acceptors (Lipinski definition) is 5. The van der Waals surface area contributed by atoms with Crippen LogP contribution in [0.4, 0.5) is 0 Å². The molecule has 0 aliphatic heterocycles. The molecule has 6 nitrogen and oxygen atoms in total. The number of nitrogens with one attached hydrogen (secondary N) is 1. The van der Waals surface area contributed by atoms with Crippen LogP contribution in [0, 0.1) is 0 Å². The zero-order valence-electron chi connectivity index (χ0n) is 13.8. The third kappa shape index (κ3) is 8.42. The van der Waals surface area contributed by atoms with Gasteiger partial charge < -0.3 is 20.5 Å². The predicted octanol–water partition coefficient (Wildman–Crippen LogP) is 1.79. The number of carbonyl (C=O) groups is 2. The Morgan fingerprint density at radius 3 is 2.35 bits per heavy atom. The van der Waals surface area contributed by atoms with Crippen LogP contribution in [0.1, 0.15) is 32.3 Å². The zero-order chi connectivity index (χ0) is 16.6. The van der Waals surface area contributed by atoms with Crippen LogP contribution in [0.25, 0.3) is 0 Å². The van der Waals surface area contributed by atoms with Crippen molar-refractivity contribution in [3.8, 4) is 5.75 Å². The summed E-state index contributed by atoms with van der Waals surface area (Å²) >= 11 is 0. The summed E-state index contributed by atoms with van der Waals surface area (Å²) in [6.45, 7) is 4.19. The average Bonchev–Trinajstić information content (AvgIpc) is 2.49. The SMILES string of the molecule is COC(=O)CCCOc1ccc(CNC(=O)C(C)(C)N)cc1.Cl. The molecule has 130 valence electrons. The first-order chi connectivity index (χ1) is 10.3. The molecule has 0 unspecified atom stereocenters. The number of halogens is 1. The standard InChI is InChI=1S/C16H24N2O4.ClH/c1-16(2,17)15(20)18-11-12-6-8-13(9-7-12)22-10-4-5-14(19)21-3;/h6-9H,4-5,10-11,17H2,1-3H3,(H,18,20);1H. The normalized spacial score (nSPS) is 10.4. The van der Waals surface area contributed by atoms with E-state index in [-0.39, 0.29) is 24.3 Å². The Bertz CT molecular complexity index is 498. The number of methoxy groups -OCH3 is 1. The first-order valence-corrected chi connectivity index (χ1v) is 7.18. The van der Waals surface area contributed by atoms with E-state index in [1.54, 1.807) is 13.8 Å². The summed E-state index contributed by atoms with van der Waals surface area (Å²) in [5, 5.41) is 2.77. The minimum atomic E-state index is -0.886. The van der Waals surface area contributed by atoms with Crippen LogP contribution >= 0.6 is 12.4 Å². The molecule has 0 bridgehead atoms. The van der Waals surface area contributed by atoms with Crippen LogP contribution in [0.15, 0.2) is 24.3 Å². The van der Waals surface area contributed by atoms with Crippen molar-refractivity contribution in [1.29, 1.82) is 0 Å². The molecule has 0 fully saturated rings. The van der Waals surface area contributed by atoms with Gasteiger partial charge in [0.15, 0.2) is 0 Å². The monoisotopic (exact) mass is 344 g/mol. The summed E-state index contributed by atoms with van der Waals surface area (Å²) in [5.74, 6) is 0.284. The Balaban J connectivity index is 0.00000484. The number of nitrogens with two attached hydrogens (primary N) is 1. The van der Waals surface area contributed by atoms with Gasteiger partial charge in [0.1, 0.15) is 5.75 Å². The third-order valence-electron chi connectivity index (χ3n) is 2.98. The van der Waals surface area contributed by atoms with Gasteiger partial charge in [0.2, 0.25) is 5.91 Å². The molecule has 3 N–H and O–H groups in total. The Morgan fingerprint density at radius 2 is 1.83 bits per heavy atom. The molecule has 0 heterocycles. The lowest BCUT2D eigenvalue weighted by Gasteiger charge is -2.17. The maximum absolute atomic E-state index is 11.7. The largest absolute Gasteiger partial charge is 0.494 e. The number of hydrogen-bond donors (Lipinski definition) is 2. The number of carbonyl (C=O) groups excluding carboxylic acids is 2. The summed E-state index contributed by atoms with van der Waals surface area (Å²) in [4.78, 5) is 22.6. The molecule has 0 saturated heterocycles. The lowest BCUT2D eigenvalue weighted by molar-refractivity contribution is -0.140. The highest BCUT2D eigenvalue weighted by Crippen LogP contribution is 2.13. The first kappa shape index (κ1) is 21.2. The van der Waals surface area contributed by atoms with Gasteiger partial charge in [-0.25, -0.2) is 0 Å². The molecule has 0 spiro atoms. The highest BCUT2D eigenvalue weighted by Gasteiger charge is 2.20. The Morgan fingerprint density at radius 1 is 1.22 bits per heavy atom. The Hall–Kier alpha value is -1.79. The van der Waals surface area contributed by atoms with E-state index in [0.717, 1.165) is 11.3 Å². The van der Waals surface area contributed by atoms with E-state index in [1.807, 2.05) is 24.3 Å². The molecule has 0 radical (unpaired) electrons. The fourth-order valence-corrected chi connectivity index (χ4v) is 1.62. The number of ether oxygens (including phenoxy) is 2. The average molecular weight is 345 g/mol. The van der Waals surface area contributed by atoms with Crippen LogP contribution in [-0.2, 0) is 20.9 Å². The van der Waals surface area contributed by atoms with Gasteiger partial charge in [-0.15, -0.1) is 12.4 Å². The number of esters is 1. The number of amides is 1. The van der Waals surface area contributed by atoms with Crippen LogP contribution in [-0.4, -0.2) is 31.1 Å². The topological polar surface area (TPSA) is 90.6 Å². The van der Waals surface area contributed by atoms with Crippen LogP contribution in [0.2, 0.25) is 0 Å². The van der Waals surface area contributed by atoms with Crippen molar-refractivity contribution in [2.24, 2.45) is 5.73 Å². The highest BCUT2D eigenvalue weighted by atomic mass is 35.5. The molecule has 0 aromatic heterocycles. The highest BCUT2D eigenvalue weighted by molar-refractivity contribution is 5.85. The van der Waals surface area contributed by atoms with Crippen LogP contribution in [0.3, 0.4) is 0 Å². The molecule has 0 aliphatic rings. The van der Waals surface area contributed by atoms with Crippen LogP contribution in [0.5, 0.6) is 5.75 Å². The second-order valence-corrected chi connectivity index (χ2v) is 5.58. The van der Waals surface area contributed by atoms with Crippen molar-refractivity contribution in [3.05, 3.63) is 29.8 Å². The Labute approximate surface area is 143 Å². The minimum absolute atomic E-state index is 0. The summed E-state index contributed by atoms with van der Waals surface area (Å²) in [7, 11) is 1.37. The fourth-order valence-electron chi connectivity index (χ4n) is 1.62. The number of benzene rings is 1. The van der Waals surface area contributed by atoms with E-state index in [4.69, 9.17) is 10.5 Å². The quantitative estimate of drug-likeness (QED) is 0.554. The smallest absolute Gasteiger partial charge is 0.305 e. The molecule has 1 amide bonds. The molecule has 7 heteroatoms. The summed E-state index contributed by atoms with van der Waals surface area (Å²) in [6.07, 6.45) is 0.950. The molecule has 1 aromatic rings. The van der Waals surface area contributed by atoms with Crippen molar-refractivity contribution in [1.82, 2.24) is 5.32 Å². The molecule has 0 saturated carbocycles. The maximum Gasteiger partial charge on any atom is 0.305 e. The molecule has 0 atom stereocenters. The molecule has 23 heavy (non-hydrogen) atoms. The van der Waals surface area contributed by atoms with Crippen molar-refractivity contribution in [2.75, 3.05) is 13.7 Å². The van der Waals surface area contributed by atoms with Gasteiger partial charge in [0.05, 0.1) is 19.3 Å². The first-order valence-electron chi connectivity index (χ1n) is 7.18. The van der Waals surface area contributed by atoms with Crippen molar-refractivity contribution < 1.29 is 19.1 Å². The van der Waals surface area contributed by atoms with Gasteiger partial charge in [0, 0.05) is 13.0 Å². The van der Waals surface area contributed by atoms with Crippen LogP contribution < -0.4 is 15.8 Å². The predicted molar refractivity (Wildman–Crippen MR) is 90.5 cm³/mol. The third-order valence-corrected chi connectivity index (χ3v) is 2.98. The lowest BCUT2D eigenvalue weighted by Crippen LogP contribution is -2.48. The second kappa shape index (κ2) is 10.1. The molecule has 1 aromatic carbocycles. The van der Waals surface area contributed by atoms with E-state index in [9.17, 15) is 9.59 Å². The fraction of sp³-hybridized carbons (Fsp3) is 0.500. The van der Waals surface area contributed by atoms with Crippen molar-refractivity contribution in [2.45, 2.75) is 38.8 Å². The van der Waals surface area contributed by atoms with E-state index in [2.05, 4.69) is 10.1 Å².